The van der Waals surface area contributed by atoms with E-state index in [4.69, 9.17) is 10.5 Å². The summed E-state index contributed by atoms with van der Waals surface area (Å²) in [7, 11) is 1.72. The molecule has 0 aliphatic carbocycles. The van der Waals surface area contributed by atoms with Gasteiger partial charge in [0, 0.05) is 43.9 Å². The van der Waals surface area contributed by atoms with Crippen LogP contribution < -0.4 is 10.5 Å². The average molecular weight is 287 g/mol. The average Bonchev–Trinajstić information content (AvgIpc) is 2.54. The molecule has 1 aliphatic heterocycles. The standard InChI is InChI=1S/C17H25N3O/c1-3-19-9-11-20(12-10-19)14-16-13-15(5-4-8-18)6-7-17(16)21-2/h6-7,13H,3,8-12,14,18H2,1-2H3. The fourth-order valence-corrected chi connectivity index (χ4v) is 2.64. The lowest BCUT2D eigenvalue weighted by Gasteiger charge is -2.34. The molecule has 0 spiro atoms. The van der Waals surface area contributed by atoms with Crippen LogP contribution in [-0.4, -0.2) is 56.2 Å². The summed E-state index contributed by atoms with van der Waals surface area (Å²) in [6.07, 6.45) is 0. The quantitative estimate of drug-likeness (QED) is 0.843. The number of methoxy groups -OCH3 is 1. The van der Waals surface area contributed by atoms with Crippen molar-refractivity contribution in [2.45, 2.75) is 13.5 Å². The van der Waals surface area contributed by atoms with Gasteiger partial charge in [0.2, 0.25) is 0 Å². The fraction of sp³-hybridized carbons (Fsp3) is 0.529. The maximum absolute atomic E-state index is 5.48. The Kier molecular flexibility index (Phi) is 6.06. The van der Waals surface area contributed by atoms with Crippen molar-refractivity contribution < 1.29 is 4.74 Å². The lowest BCUT2D eigenvalue weighted by molar-refractivity contribution is 0.131. The molecule has 1 heterocycles. The molecular weight excluding hydrogens is 262 g/mol. The van der Waals surface area contributed by atoms with Crippen molar-refractivity contribution in [2.75, 3.05) is 46.4 Å². The first-order valence-electron chi connectivity index (χ1n) is 7.57. The summed E-state index contributed by atoms with van der Waals surface area (Å²) in [5.74, 6) is 6.93. The molecule has 0 bridgehead atoms. The second-order valence-corrected chi connectivity index (χ2v) is 5.24. The van der Waals surface area contributed by atoms with E-state index in [9.17, 15) is 0 Å². The lowest BCUT2D eigenvalue weighted by Crippen LogP contribution is -2.45. The van der Waals surface area contributed by atoms with Gasteiger partial charge >= 0.3 is 0 Å². The minimum Gasteiger partial charge on any atom is -0.496 e. The number of hydrogen-bond acceptors (Lipinski definition) is 4. The van der Waals surface area contributed by atoms with Gasteiger partial charge in [0.1, 0.15) is 5.75 Å². The second kappa shape index (κ2) is 8.04. The molecule has 21 heavy (non-hydrogen) atoms. The van der Waals surface area contributed by atoms with E-state index in [1.807, 2.05) is 12.1 Å². The van der Waals surface area contributed by atoms with Crippen LogP contribution >= 0.6 is 0 Å². The van der Waals surface area contributed by atoms with Gasteiger partial charge in [-0.1, -0.05) is 18.8 Å². The molecule has 4 heteroatoms. The van der Waals surface area contributed by atoms with Gasteiger partial charge in [-0.05, 0) is 24.7 Å². The Hall–Kier alpha value is -1.54. The largest absolute Gasteiger partial charge is 0.496 e. The molecule has 1 fully saturated rings. The third kappa shape index (κ3) is 4.47. The van der Waals surface area contributed by atoms with E-state index < -0.39 is 0 Å². The predicted octanol–water partition coefficient (Wildman–Crippen LogP) is 1.14. The number of nitrogens with zero attached hydrogens (tertiary/aromatic N) is 2. The molecule has 1 saturated heterocycles. The van der Waals surface area contributed by atoms with Crippen molar-refractivity contribution in [3.63, 3.8) is 0 Å². The third-order valence-corrected chi connectivity index (χ3v) is 3.92. The number of rotatable bonds is 4. The maximum Gasteiger partial charge on any atom is 0.123 e. The van der Waals surface area contributed by atoms with E-state index in [2.05, 4.69) is 34.6 Å². The SMILES string of the molecule is CCN1CCN(Cc2cc(C#CCN)ccc2OC)CC1. The van der Waals surface area contributed by atoms with Crippen molar-refractivity contribution in [2.24, 2.45) is 5.73 Å². The Balaban J connectivity index is 2.07. The molecule has 2 rings (SSSR count). The van der Waals surface area contributed by atoms with Crippen LogP contribution in [0.25, 0.3) is 0 Å². The van der Waals surface area contributed by atoms with Gasteiger partial charge in [0.05, 0.1) is 13.7 Å². The molecule has 0 radical (unpaired) electrons. The van der Waals surface area contributed by atoms with Crippen molar-refractivity contribution in [3.05, 3.63) is 29.3 Å². The Bertz CT molecular complexity index is 511. The Labute approximate surface area is 127 Å². The number of nitrogens with two attached hydrogens (primary N) is 1. The number of piperazine rings is 1. The zero-order chi connectivity index (χ0) is 15.1. The van der Waals surface area contributed by atoms with Crippen LogP contribution in [0.4, 0.5) is 0 Å². The van der Waals surface area contributed by atoms with Crippen LogP contribution in [0.1, 0.15) is 18.1 Å². The van der Waals surface area contributed by atoms with Crippen molar-refractivity contribution in [1.82, 2.24) is 9.80 Å². The maximum atomic E-state index is 5.48. The van der Waals surface area contributed by atoms with Crippen LogP contribution in [0.2, 0.25) is 0 Å². The van der Waals surface area contributed by atoms with Crippen molar-refractivity contribution >= 4 is 0 Å². The molecule has 114 valence electrons. The smallest absolute Gasteiger partial charge is 0.123 e. The summed E-state index contributed by atoms with van der Waals surface area (Å²) in [5.41, 5.74) is 7.64. The van der Waals surface area contributed by atoms with Gasteiger partial charge in [-0.3, -0.25) is 4.90 Å². The number of benzene rings is 1. The molecule has 1 aromatic rings. The highest BCUT2D eigenvalue weighted by molar-refractivity contribution is 5.44. The van der Waals surface area contributed by atoms with Gasteiger partial charge < -0.3 is 15.4 Å². The predicted molar refractivity (Wildman–Crippen MR) is 86.3 cm³/mol. The number of hydrogen-bond donors (Lipinski definition) is 1. The van der Waals surface area contributed by atoms with Gasteiger partial charge in [-0.25, -0.2) is 0 Å². The Morgan fingerprint density at radius 1 is 1.19 bits per heavy atom. The van der Waals surface area contributed by atoms with Gasteiger partial charge in [0.15, 0.2) is 0 Å². The molecule has 0 unspecified atom stereocenters. The normalized spacial score (nSPS) is 16.3. The summed E-state index contributed by atoms with van der Waals surface area (Å²) < 4.78 is 5.48. The monoisotopic (exact) mass is 287 g/mol. The summed E-state index contributed by atoms with van der Waals surface area (Å²) >= 11 is 0. The summed E-state index contributed by atoms with van der Waals surface area (Å²) in [5, 5.41) is 0. The zero-order valence-corrected chi connectivity index (χ0v) is 13.1. The summed E-state index contributed by atoms with van der Waals surface area (Å²) in [4.78, 5) is 4.96. The van der Waals surface area contributed by atoms with Crippen LogP contribution in [0.3, 0.4) is 0 Å². The molecule has 0 aromatic heterocycles. The fourth-order valence-electron chi connectivity index (χ4n) is 2.64. The lowest BCUT2D eigenvalue weighted by atomic mass is 10.1. The van der Waals surface area contributed by atoms with Gasteiger partial charge in [-0.2, -0.15) is 0 Å². The van der Waals surface area contributed by atoms with Gasteiger partial charge in [-0.15, -0.1) is 0 Å². The highest BCUT2D eigenvalue weighted by Crippen LogP contribution is 2.22. The second-order valence-electron chi connectivity index (χ2n) is 5.24. The van der Waals surface area contributed by atoms with E-state index >= 15 is 0 Å². The van der Waals surface area contributed by atoms with Crippen LogP contribution in [0.5, 0.6) is 5.75 Å². The highest BCUT2D eigenvalue weighted by Gasteiger charge is 2.17. The first-order chi connectivity index (χ1) is 10.3. The van der Waals surface area contributed by atoms with Crippen LogP contribution in [0.15, 0.2) is 18.2 Å². The van der Waals surface area contributed by atoms with E-state index in [0.717, 1.165) is 50.6 Å². The summed E-state index contributed by atoms with van der Waals surface area (Å²) in [6.45, 7) is 9.17. The minimum absolute atomic E-state index is 0.389. The molecule has 0 atom stereocenters. The van der Waals surface area contributed by atoms with Gasteiger partial charge in [0.25, 0.3) is 0 Å². The van der Waals surface area contributed by atoms with Crippen LogP contribution in [-0.2, 0) is 6.54 Å². The molecule has 0 saturated carbocycles. The van der Waals surface area contributed by atoms with E-state index in [1.165, 1.54) is 5.56 Å². The first kappa shape index (κ1) is 15.8. The topological polar surface area (TPSA) is 41.7 Å². The number of ether oxygens (including phenoxy) is 1. The molecule has 1 aromatic carbocycles. The molecule has 4 nitrogen and oxygen atoms in total. The zero-order valence-electron chi connectivity index (χ0n) is 13.1. The van der Waals surface area contributed by atoms with E-state index in [0.29, 0.717) is 6.54 Å². The van der Waals surface area contributed by atoms with E-state index in [-0.39, 0.29) is 0 Å². The molecular formula is C17H25N3O. The molecule has 1 aliphatic rings. The Morgan fingerprint density at radius 2 is 1.90 bits per heavy atom. The van der Waals surface area contributed by atoms with Crippen molar-refractivity contribution in [3.8, 4) is 17.6 Å². The van der Waals surface area contributed by atoms with E-state index in [1.54, 1.807) is 7.11 Å². The van der Waals surface area contributed by atoms with Crippen LogP contribution in [0, 0.1) is 11.8 Å². The molecule has 2 N–H and O–H groups in total. The minimum atomic E-state index is 0.389. The summed E-state index contributed by atoms with van der Waals surface area (Å²) in [6, 6.07) is 6.10. The van der Waals surface area contributed by atoms with Crippen molar-refractivity contribution in [1.29, 1.82) is 0 Å². The third-order valence-electron chi connectivity index (χ3n) is 3.92. The molecule has 0 amide bonds. The number of likely N-dealkylation sites (N-methyl/N-ethyl adjacent to an activating group) is 1. The Morgan fingerprint density at radius 3 is 2.52 bits per heavy atom. The highest BCUT2D eigenvalue weighted by atomic mass is 16.5. The first-order valence-corrected chi connectivity index (χ1v) is 7.57.